The Labute approximate surface area is 100 Å². The lowest BCUT2D eigenvalue weighted by atomic mass is 9.82. The van der Waals surface area contributed by atoms with E-state index in [1.54, 1.807) is 0 Å². The van der Waals surface area contributed by atoms with Crippen molar-refractivity contribution in [1.29, 1.82) is 0 Å². The van der Waals surface area contributed by atoms with Crippen LogP contribution in [0, 0.1) is 29.6 Å². The first-order valence-electron chi connectivity index (χ1n) is 6.29. The summed E-state index contributed by atoms with van der Waals surface area (Å²) in [5.41, 5.74) is 0. The number of carboxylic acid groups (broad SMARTS) is 1. The summed E-state index contributed by atoms with van der Waals surface area (Å²) in [7, 11) is 0. The summed E-state index contributed by atoms with van der Waals surface area (Å²) >= 11 is 0. The lowest BCUT2D eigenvalue weighted by Crippen LogP contribution is -2.41. The number of allylic oxidation sites excluding steroid dienone is 2. The second kappa shape index (κ2) is 3.59. The summed E-state index contributed by atoms with van der Waals surface area (Å²) in [4.78, 5) is 23.4. The van der Waals surface area contributed by atoms with Crippen LogP contribution in [0.5, 0.6) is 0 Å². The maximum atomic E-state index is 12.1. The molecule has 92 valence electrons. The molecule has 17 heavy (non-hydrogen) atoms. The zero-order chi connectivity index (χ0) is 12.2. The number of carboxylic acids is 1. The summed E-state index contributed by atoms with van der Waals surface area (Å²) in [5.74, 6) is -1.000. The third-order valence-corrected chi connectivity index (χ3v) is 4.48. The summed E-state index contributed by atoms with van der Waals surface area (Å²) < 4.78 is 0. The predicted octanol–water partition coefficient (Wildman–Crippen LogP) is 1.03. The molecule has 0 aromatic rings. The van der Waals surface area contributed by atoms with E-state index in [2.05, 4.69) is 12.2 Å². The van der Waals surface area contributed by atoms with Gasteiger partial charge in [-0.2, -0.15) is 0 Å². The largest absolute Gasteiger partial charge is 0.481 e. The Bertz CT molecular complexity index is 403. The molecule has 0 saturated heterocycles. The number of hydrogen-bond acceptors (Lipinski definition) is 2. The van der Waals surface area contributed by atoms with Crippen molar-refractivity contribution in [3.05, 3.63) is 12.2 Å². The van der Waals surface area contributed by atoms with Crippen LogP contribution in [0.2, 0.25) is 0 Å². The van der Waals surface area contributed by atoms with Crippen molar-refractivity contribution in [3.8, 4) is 0 Å². The van der Waals surface area contributed by atoms with Gasteiger partial charge in [-0.3, -0.25) is 9.59 Å². The molecule has 3 rings (SSSR count). The summed E-state index contributed by atoms with van der Waals surface area (Å²) in [5, 5.41) is 12.2. The van der Waals surface area contributed by atoms with Gasteiger partial charge in [-0.1, -0.05) is 19.1 Å². The van der Waals surface area contributed by atoms with Crippen LogP contribution in [0.3, 0.4) is 0 Å². The zero-order valence-electron chi connectivity index (χ0n) is 9.80. The Morgan fingerprint density at radius 3 is 2.29 bits per heavy atom. The molecule has 2 N–H and O–H groups in total. The van der Waals surface area contributed by atoms with Crippen molar-refractivity contribution in [2.45, 2.75) is 25.8 Å². The Hall–Kier alpha value is -1.32. The molecule has 2 bridgehead atoms. The maximum Gasteiger partial charge on any atom is 0.307 e. The van der Waals surface area contributed by atoms with E-state index in [9.17, 15) is 14.7 Å². The average Bonchev–Trinajstić information content (AvgIpc) is 2.73. The number of carbonyl (C=O) groups excluding carboxylic acids is 1. The minimum Gasteiger partial charge on any atom is -0.481 e. The van der Waals surface area contributed by atoms with Crippen molar-refractivity contribution in [1.82, 2.24) is 5.32 Å². The molecule has 0 radical (unpaired) electrons. The number of carbonyl (C=O) groups is 2. The van der Waals surface area contributed by atoms with E-state index < -0.39 is 11.9 Å². The van der Waals surface area contributed by atoms with Gasteiger partial charge >= 0.3 is 5.97 Å². The molecule has 2 saturated carbocycles. The molecule has 0 heterocycles. The lowest BCUT2D eigenvalue weighted by Gasteiger charge is -2.23. The first-order valence-corrected chi connectivity index (χ1v) is 6.29. The van der Waals surface area contributed by atoms with Crippen LogP contribution in [-0.4, -0.2) is 23.0 Å². The van der Waals surface area contributed by atoms with E-state index in [0.29, 0.717) is 5.92 Å². The van der Waals surface area contributed by atoms with Crippen LogP contribution >= 0.6 is 0 Å². The van der Waals surface area contributed by atoms with Crippen molar-refractivity contribution >= 4 is 11.9 Å². The number of nitrogens with one attached hydrogen (secondary N) is 1. The average molecular weight is 235 g/mol. The fourth-order valence-electron chi connectivity index (χ4n) is 3.32. The normalized spacial score (nSPS) is 45.9. The first kappa shape index (κ1) is 10.8. The Morgan fingerprint density at radius 1 is 1.18 bits per heavy atom. The minimum atomic E-state index is -0.828. The molecule has 0 aliphatic heterocycles. The van der Waals surface area contributed by atoms with E-state index in [4.69, 9.17) is 0 Å². The molecule has 0 aromatic heterocycles. The monoisotopic (exact) mass is 235 g/mol. The molecule has 0 aromatic carbocycles. The smallest absolute Gasteiger partial charge is 0.307 e. The van der Waals surface area contributed by atoms with E-state index in [1.165, 1.54) is 0 Å². The van der Waals surface area contributed by atoms with Crippen LogP contribution in [0.1, 0.15) is 19.8 Å². The zero-order valence-corrected chi connectivity index (χ0v) is 9.80. The second-order valence-electron chi connectivity index (χ2n) is 5.67. The van der Waals surface area contributed by atoms with Gasteiger partial charge in [0.15, 0.2) is 0 Å². The van der Waals surface area contributed by atoms with Crippen molar-refractivity contribution < 1.29 is 14.7 Å². The van der Waals surface area contributed by atoms with Crippen LogP contribution in [0.4, 0.5) is 0 Å². The second-order valence-corrected chi connectivity index (χ2v) is 5.67. The Kier molecular flexibility index (Phi) is 2.28. The third-order valence-electron chi connectivity index (χ3n) is 4.48. The molecule has 1 amide bonds. The molecule has 4 unspecified atom stereocenters. The lowest BCUT2D eigenvalue weighted by molar-refractivity contribution is -0.147. The number of rotatable bonds is 3. The Balaban J connectivity index is 1.74. The van der Waals surface area contributed by atoms with Crippen molar-refractivity contribution in [2.24, 2.45) is 29.6 Å². The SMILES string of the molecule is CC1CC1NC(=O)[C@H]1C2C=CC(C2)[C@H]1C(=O)O. The van der Waals surface area contributed by atoms with Gasteiger partial charge in [0.1, 0.15) is 0 Å². The van der Waals surface area contributed by atoms with Crippen LogP contribution < -0.4 is 5.32 Å². The number of amides is 1. The molecule has 6 atom stereocenters. The van der Waals surface area contributed by atoms with Gasteiger partial charge < -0.3 is 10.4 Å². The summed E-state index contributed by atoms with van der Waals surface area (Å²) in [6, 6.07) is 0.278. The van der Waals surface area contributed by atoms with Crippen LogP contribution in [0.25, 0.3) is 0 Å². The summed E-state index contributed by atoms with van der Waals surface area (Å²) in [6.07, 6.45) is 5.84. The van der Waals surface area contributed by atoms with E-state index in [-0.39, 0.29) is 29.7 Å². The highest BCUT2D eigenvalue weighted by Gasteiger charge is 2.52. The fraction of sp³-hybridized carbons (Fsp3) is 0.692. The standard InChI is InChI=1S/C13H17NO3/c1-6-4-9(6)14-12(15)10-7-2-3-8(5-7)11(10)13(16)17/h2-3,6-11H,4-5H2,1H3,(H,14,15)(H,16,17)/t6?,7?,8?,9?,10-,11+/m0/s1. The maximum absolute atomic E-state index is 12.1. The van der Waals surface area contributed by atoms with Gasteiger partial charge in [0.2, 0.25) is 5.91 Å². The number of fused-ring (bicyclic) bond motifs is 2. The van der Waals surface area contributed by atoms with E-state index in [0.717, 1.165) is 12.8 Å². The molecule has 2 fully saturated rings. The van der Waals surface area contributed by atoms with Crippen LogP contribution in [0.15, 0.2) is 12.2 Å². The topological polar surface area (TPSA) is 66.4 Å². The van der Waals surface area contributed by atoms with Gasteiger partial charge in [-0.05, 0) is 30.6 Å². The van der Waals surface area contributed by atoms with Crippen molar-refractivity contribution in [3.63, 3.8) is 0 Å². The van der Waals surface area contributed by atoms with Gasteiger partial charge in [0, 0.05) is 6.04 Å². The molecule has 3 aliphatic carbocycles. The first-order chi connectivity index (χ1) is 8.08. The highest BCUT2D eigenvalue weighted by Crippen LogP contribution is 2.48. The molecule has 4 heteroatoms. The molecule has 3 aliphatic rings. The van der Waals surface area contributed by atoms with Gasteiger partial charge in [0.25, 0.3) is 0 Å². The molecule has 0 spiro atoms. The van der Waals surface area contributed by atoms with Crippen LogP contribution in [-0.2, 0) is 9.59 Å². The quantitative estimate of drug-likeness (QED) is 0.718. The van der Waals surface area contributed by atoms with Gasteiger partial charge in [-0.15, -0.1) is 0 Å². The van der Waals surface area contributed by atoms with Crippen molar-refractivity contribution in [2.75, 3.05) is 0 Å². The fourth-order valence-corrected chi connectivity index (χ4v) is 3.32. The predicted molar refractivity (Wildman–Crippen MR) is 61.1 cm³/mol. The molecular formula is C13H17NO3. The number of aliphatic carboxylic acids is 1. The van der Waals surface area contributed by atoms with Gasteiger partial charge in [0.05, 0.1) is 11.8 Å². The van der Waals surface area contributed by atoms with E-state index >= 15 is 0 Å². The van der Waals surface area contributed by atoms with E-state index in [1.807, 2.05) is 12.2 Å². The summed E-state index contributed by atoms with van der Waals surface area (Å²) in [6.45, 7) is 2.10. The van der Waals surface area contributed by atoms with Gasteiger partial charge in [-0.25, -0.2) is 0 Å². The molecular weight excluding hydrogens is 218 g/mol. The highest BCUT2D eigenvalue weighted by atomic mass is 16.4. The highest BCUT2D eigenvalue weighted by molar-refractivity contribution is 5.87. The minimum absolute atomic E-state index is 0.0522. The molecule has 4 nitrogen and oxygen atoms in total. The number of hydrogen-bond donors (Lipinski definition) is 2. The third kappa shape index (κ3) is 1.66. The Morgan fingerprint density at radius 2 is 1.76 bits per heavy atom.